The highest BCUT2D eigenvalue weighted by atomic mass is 16.5. The molecule has 21 heavy (non-hydrogen) atoms. The molecule has 1 aromatic rings. The highest BCUT2D eigenvalue weighted by Gasteiger charge is 2.37. The molecule has 1 aromatic carbocycles. The summed E-state index contributed by atoms with van der Waals surface area (Å²) in [5, 5.41) is 9.18. The predicted molar refractivity (Wildman–Crippen MR) is 78.3 cm³/mol. The average Bonchev–Trinajstić information content (AvgIpc) is 2.93. The van der Waals surface area contributed by atoms with Crippen molar-refractivity contribution in [2.75, 3.05) is 6.54 Å². The minimum atomic E-state index is -0.939. The first kappa shape index (κ1) is 15.4. The molecule has 0 aromatic heterocycles. The molecule has 0 spiro atoms. The molecule has 2 rings (SSSR count). The van der Waals surface area contributed by atoms with Crippen molar-refractivity contribution in [3.63, 3.8) is 0 Å². The summed E-state index contributed by atoms with van der Waals surface area (Å²) in [5.41, 5.74) is 1.05. The number of aliphatic carboxylic acids is 1. The van der Waals surface area contributed by atoms with Crippen molar-refractivity contribution in [3.05, 3.63) is 29.8 Å². The fourth-order valence-electron chi connectivity index (χ4n) is 2.63. The maximum Gasteiger partial charge on any atom is 0.326 e. The van der Waals surface area contributed by atoms with E-state index in [1.165, 1.54) is 4.90 Å². The number of carboxylic acids is 1. The molecule has 1 N–H and O–H groups in total. The normalized spacial score (nSPS) is 19.3. The van der Waals surface area contributed by atoms with Gasteiger partial charge in [0, 0.05) is 6.54 Å². The molecule has 1 heterocycles. The summed E-state index contributed by atoms with van der Waals surface area (Å²) in [6.45, 7) is 4.31. The van der Waals surface area contributed by atoms with Crippen LogP contribution in [0.3, 0.4) is 0 Å². The smallest absolute Gasteiger partial charge is 0.326 e. The number of nitrogens with zero attached hydrogens (tertiary/aromatic N) is 1. The summed E-state index contributed by atoms with van der Waals surface area (Å²) < 4.78 is 5.76. The van der Waals surface area contributed by atoms with E-state index < -0.39 is 18.1 Å². The van der Waals surface area contributed by atoms with Crippen LogP contribution in [-0.2, 0) is 9.59 Å². The Hall–Kier alpha value is -2.04. The van der Waals surface area contributed by atoms with Gasteiger partial charge in [-0.15, -0.1) is 0 Å². The summed E-state index contributed by atoms with van der Waals surface area (Å²) in [7, 11) is 0. The van der Waals surface area contributed by atoms with Crippen LogP contribution in [0.15, 0.2) is 24.3 Å². The van der Waals surface area contributed by atoms with E-state index in [9.17, 15) is 14.7 Å². The van der Waals surface area contributed by atoms with Crippen LogP contribution in [0.5, 0.6) is 5.75 Å². The maximum atomic E-state index is 12.5. The molecule has 1 unspecified atom stereocenters. The maximum absolute atomic E-state index is 12.5. The Labute approximate surface area is 124 Å². The number of carbonyl (C=O) groups excluding carboxylic acids is 1. The minimum Gasteiger partial charge on any atom is -0.481 e. The number of likely N-dealkylation sites (tertiary alicyclic amines) is 1. The molecule has 0 aliphatic carbocycles. The van der Waals surface area contributed by atoms with Crippen LogP contribution in [-0.4, -0.2) is 40.6 Å². The number of carboxylic acid groups (broad SMARTS) is 1. The number of carbonyl (C=O) groups is 2. The van der Waals surface area contributed by atoms with Gasteiger partial charge in [-0.1, -0.05) is 19.1 Å². The van der Waals surface area contributed by atoms with E-state index in [0.717, 1.165) is 12.0 Å². The second-order valence-electron chi connectivity index (χ2n) is 5.36. The lowest BCUT2D eigenvalue weighted by molar-refractivity contribution is -0.151. The van der Waals surface area contributed by atoms with E-state index in [4.69, 9.17) is 4.74 Å². The van der Waals surface area contributed by atoms with Crippen LogP contribution in [0.1, 0.15) is 31.7 Å². The highest BCUT2D eigenvalue weighted by molar-refractivity contribution is 5.87. The van der Waals surface area contributed by atoms with Gasteiger partial charge in [0.05, 0.1) is 0 Å². The van der Waals surface area contributed by atoms with E-state index in [2.05, 4.69) is 0 Å². The van der Waals surface area contributed by atoms with Gasteiger partial charge in [0.2, 0.25) is 0 Å². The Kier molecular flexibility index (Phi) is 4.83. The van der Waals surface area contributed by atoms with Crippen LogP contribution in [0.25, 0.3) is 0 Å². The average molecular weight is 291 g/mol. The molecule has 5 nitrogen and oxygen atoms in total. The lowest BCUT2D eigenvalue weighted by Crippen LogP contribution is -2.47. The quantitative estimate of drug-likeness (QED) is 0.903. The first-order valence-electron chi connectivity index (χ1n) is 7.29. The fraction of sp³-hybridized carbons (Fsp3) is 0.500. The molecule has 114 valence electrons. The zero-order chi connectivity index (χ0) is 15.4. The third-order valence-electron chi connectivity index (χ3n) is 3.74. The van der Waals surface area contributed by atoms with Crippen LogP contribution in [0, 0.1) is 6.92 Å². The van der Waals surface area contributed by atoms with Crippen molar-refractivity contribution < 1.29 is 19.4 Å². The van der Waals surface area contributed by atoms with Crippen LogP contribution in [0.2, 0.25) is 0 Å². The van der Waals surface area contributed by atoms with Gasteiger partial charge in [-0.05, 0) is 43.9 Å². The largest absolute Gasteiger partial charge is 0.481 e. The zero-order valence-corrected chi connectivity index (χ0v) is 12.4. The topological polar surface area (TPSA) is 66.8 Å². The van der Waals surface area contributed by atoms with Crippen LogP contribution >= 0.6 is 0 Å². The van der Waals surface area contributed by atoms with Gasteiger partial charge in [0.25, 0.3) is 5.91 Å². The second-order valence-corrected chi connectivity index (χ2v) is 5.36. The summed E-state index contributed by atoms with van der Waals surface area (Å²) >= 11 is 0. The second kappa shape index (κ2) is 6.61. The molecule has 1 aliphatic heterocycles. The van der Waals surface area contributed by atoms with Crippen molar-refractivity contribution in [2.24, 2.45) is 0 Å². The first-order chi connectivity index (χ1) is 10.0. The summed E-state index contributed by atoms with van der Waals surface area (Å²) in [5.74, 6) is -0.531. The first-order valence-corrected chi connectivity index (χ1v) is 7.29. The lowest BCUT2D eigenvalue weighted by atomic mass is 10.2. The number of ether oxygens (including phenoxy) is 1. The summed E-state index contributed by atoms with van der Waals surface area (Å²) in [4.78, 5) is 25.2. The molecule has 0 radical (unpaired) electrons. The summed E-state index contributed by atoms with van der Waals surface area (Å²) in [6.07, 6.45) is 1.12. The number of amides is 1. The standard InChI is InChI=1S/C16H21NO4/c1-3-14(21-12-7-4-6-11(2)10-12)15(18)17-9-5-8-13(17)16(19)20/h4,6-7,10,13-14H,3,5,8-9H2,1-2H3,(H,19,20)/t13-,14?/m0/s1. The Bertz CT molecular complexity index is 529. The van der Waals surface area contributed by atoms with Crippen molar-refractivity contribution in [3.8, 4) is 5.75 Å². The van der Waals surface area contributed by atoms with Crippen LogP contribution < -0.4 is 4.74 Å². The Morgan fingerprint density at radius 1 is 1.48 bits per heavy atom. The number of rotatable bonds is 5. The monoisotopic (exact) mass is 291 g/mol. The van der Waals surface area contributed by atoms with Crippen molar-refractivity contribution in [1.82, 2.24) is 4.90 Å². The van der Waals surface area contributed by atoms with Gasteiger partial charge >= 0.3 is 5.97 Å². The Balaban J connectivity index is 2.10. The van der Waals surface area contributed by atoms with Crippen molar-refractivity contribution in [2.45, 2.75) is 45.3 Å². The third-order valence-corrected chi connectivity index (χ3v) is 3.74. The van der Waals surface area contributed by atoms with Gasteiger partial charge in [-0.2, -0.15) is 0 Å². The Morgan fingerprint density at radius 3 is 2.86 bits per heavy atom. The van der Waals surface area contributed by atoms with E-state index in [-0.39, 0.29) is 5.91 Å². The van der Waals surface area contributed by atoms with Gasteiger partial charge in [-0.3, -0.25) is 4.79 Å². The predicted octanol–water partition coefficient (Wildman–Crippen LogP) is 2.23. The number of hydrogen-bond donors (Lipinski definition) is 1. The number of hydrogen-bond acceptors (Lipinski definition) is 3. The SMILES string of the molecule is CCC(Oc1cccc(C)c1)C(=O)N1CCC[C@H]1C(=O)O. The minimum absolute atomic E-state index is 0.232. The van der Waals surface area contributed by atoms with Crippen LogP contribution in [0.4, 0.5) is 0 Å². The molecule has 1 amide bonds. The molecule has 5 heteroatoms. The Morgan fingerprint density at radius 2 is 2.24 bits per heavy atom. The molecule has 0 saturated carbocycles. The zero-order valence-electron chi connectivity index (χ0n) is 12.4. The molecule has 1 saturated heterocycles. The molecular weight excluding hydrogens is 270 g/mol. The number of benzene rings is 1. The molecule has 0 bridgehead atoms. The van der Waals surface area contributed by atoms with E-state index >= 15 is 0 Å². The van der Waals surface area contributed by atoms with E-state index in [1.54, 1.807) is 0 Å². The van der Waals surface area contributed by atoms with Crippen molar-refractivity contribution >= 4 is 11.9 Å². The highest BCUT2D eigenvalue weighted by Crippen LogP contribution is 2.22. The van der Waals surface area contributed by atoms with Crippen molar-refractivity contribution in [1.29, 1.82) is 0 Å². The molecule has 1 aliphatic rings. The van der Waals surface area contributed by atoms with Gasteiger partial charge in [0.15, 0.2) is 6.10 Å². The summed E-state index contributed by atoms with van der Waals surface area (Å²) in [6, 6.07) is 6.79. The number of aryl methyl sites for hydroxylation is 1. The van der Waals surface area contributed by atoms with Gasteiger partial charge in [0.1, 0.15) is 11.8 Å². The lowest BCUT2D eigenvalue weighted by Gasteiger charge is -2.26. The molecular formula is C16H21NO4. The van der Waals surface area contributed by atoms with E-state index in [1.807, 2.05) is 38.1 Å². The van der Waals surface area contributed by atoms with E-state index in [0.29, 0.717) is 25.1 Å². The van der Waals surface area contributed by atoms with Gasteiger partial charge < -0.3 is 14.7 Å². The molecule has 1 fully saturated rings. The van der Waals surface area contributed by atoms with Gasteiger partial charge in [-0.25, -0.2) is 4.79 Å². The fourth-order valence-corrected chi connectivity index (χ4v) is 2.63. The third kappa shape index (κ3) is 3.54. The molecule has 2 atom stereocenters.